The molecule has 1 saturated carbocycles. The molecular weight excluding hydrogens is 238 g/mol. The second-order valence-corrected chi connectivity index (χ2v) is 5.56. The summed E-state index contributed by atoms with van der Waals surface area (Å²) in [4.78, 5) is 14.0. The van der Waals surface area contributed by atoms with Crippen molar-refractivity contribution in [3.05, 3.63) is 29.8 Å². The number of rotatable bonds is 5. The first-order valence-electron chi connectivity index (χ1n) is 7.14. The van der Waals surface area contributed by atoms with Gasteiger partial charge in [-0.1, -0.05) is 12.1 Å². The minimum atomic E-state index is -0.333. The molecule has 0 aromatic heterocycles. The van der Waals surface area contributed by atoms with Crippen LogP contribution < -0.4 is 16.0 Å². The molecule has 1 aliphatic heterocycles. The summed E-state index contributed by atoms with van der Waals surface area (Å²) < 4.78 is 0. The first-order chi connectivity index (χ1) is 9.25. The highest BCUT2D eigenvalue weighted by Gasteiger charge is 2.33. The molecule has 102 valence electrons. The van der Waals surface area contributed by atoms with Crippen molar-refractivity contribution in [2.24, 2.45) is 5.73 Å². The van der Waals surface area contributed by atoms with Gasteiger partial charge in [-0.25, -0.2) is 0 Å². The summed E-state index contributed by atoms with van der Waals surface area (Å²) in [5.74, 6) is -0.333. The lowest BCUT2D eigenvalue weighted by Crippen LogP contribution is -2.39. The Morgan fingerprint density at radius 2 is 2.11 bits per heavy atom. The number of primary amides is 1. The highest BCUT2D eigenvalue weighted by molar-refractivity contribution is 5.98. The molecule has 3 N–H and O–H groups in total. The topological polar surface area (TPSA) is 58.4 Å². The van der Waals surface area contributed by atoms with E-state index in [9.17, 15) is 4.79 Å². The Bertz CT molecular complexity index is 464. The van der Waals surface area contributed by atoms with Gasteiger partial charge in [-0.3, -0.25) is 4.79 Å². The molecule has 1 heterocycles. The van der Waals surface area contributed by atoms with E-state index in [1.807, 2.05) is 24.3 Å². The maximum atomic E-state index is 11.6. The van der Waals surface area contributed by atoms with Crippen molar-refractivity contribution in [2.45, 2.75) is 37.8 Å². The number of nitrogens with two attached hydrogens (primary N) is 1. The lowest BCUT2D eigenvalue weighted by molar-refractivity contribution is 0.100. The summed E-state index contributed by atoms with van der Waals surface area (Å²) in [5.41, 5.74) is 7.15. The van der Waals surface area contributed by atoms with Crippen LogP contribution in [0, 0.1) is 0 Å². The lowest BCUT2D eigenvalue weighted by atomic mass is 10.1. The molecule has 2 aliphatic rings. The number of nitrogens with zero attached hydrogens (tertiary/aromatic N) is 1. The van der Waals surface area contributed by atoms with E-state index in [2.05, 4.69) is 10.2 Å². The SMILES string of the molecule is NC(=O)c1ccccc1N(CC1CCCN1)C1CC1. The molecule has 2 fully saturated rings. The second kappa shape index (κ2) is 5.21. The van der Waals surface area contributed by atoms with Crippen molar-refractivity contribution in [1.29, 1.82) is 0 Å². The predicted molar refractivity (Wildman–Crippen MR) is 76.4 cm³/mol. The molecule has 1 aromatic rings. The molecule has 1 unspecified atom stereocenters. The third-order valence-electron chi connectivity index (χ3n) is 4.05. The number of nitrogens with one attached hydrogen (secondary N) is 1. The van der Waals surface area contributed by atoms with Gasteiger partial charge in [-0.15, -0.1) is 0 Å². The molecule has 1 saturated heterocycles. The van der Waals surface area contributed by atoms with Crippen LogP contribution in [0.2, 0.25) is 0 Å². The van der Waals surface area contributed by atoms with Crippen LogP contribution in [-0.2, 0) is 0 Å². The van der Waals surface area contributed by atoms with Gasteiger partial charge in [0.1, 0.15) is 0 Å². The summed E-state index contributed by atoms with van der Waals surface area (Å²) in [6, 6.07) is 8.84. The Morgan fingerprint density at radius 1 is 1.32 bits per heavy atom. The van der Waals surface area contributed by atoms with E-state index in [1.165, 1.54) is 25.7 Å². The van der Waals surface area contributed by atoms with E-state index < -0.39 is 0 Å². The molecular formula is C15H21N3O. The van der Waals surface area contributed by atoms with Crippen LogP contribution in [0.1, 0.15) is 36.0 Å². The molecule has 1 aliphatic carbocycles. The standard InChI is InChI=1S/C15H21N3O/c16-15(19)13-5-1-2-6-14(13)18(12-7-8-12)10-11-4-3-9-17-11/h1-2,5-6,11-12,17H,3-4,7-10H2,(H2,16,19). The van der Waals surface area contributed by atoms with Crippen LogP contribution in [0.15, 0.2) is 24.3 Å². The molecule has 0 bridgehead atoms. The number of para-hydroxylation sites is 1. The number of benzene rings is 1. The molecule has 1 aromatic carbocycles. The zero-order valence-corrected chi connectivity index (χ0v) is 11.1. The zero-order valence-electron chi connectivity index (χ0n) is 11.1. The van der Waals surface area contributed by atoms with Gasteiger partial charge >= 0.3 is 0 Å². The highest BCUT2D eigenvalue weighted by atomic mass is 16.1. The van der Waals surface area contributed by atoms with Crippen molar-refractivity contribution in [1.82, 2.24) is 5.32 Å². The monoisotopic (exact) mass is 259 g/mol. The van der Waals surface area contributed by atoms with E-state index in [4.69, 9.17) is 5.73 Å². The molecule has 1 atom stereocenters. The second-order valence-electron chi connectivity index (χ2n) is 5.56. The van der Waals surface area contributed by atoms with E-state index in [0.717, 1.165) is 18.8 Å². The summed E-state index contributed by atoms with van der Waals surface area (Å²) in [7, 11) is 0. The first-order valence-corrected chi connectivity index (χ1v) is 7.14. The molecule has 19 heavy (non-hydrogen) atoms. The number of hydrogen-bond donors (Lipinski definition) is 2. The average molecular weight is 259 g/mol. The Labute approximate surface area is 114 Å². The van der Waals surface area contributed by atoms with Crippen molar-refractivity contribution < 1.29 is 4.79 Å². The van der Waals surface area contributed by atoms with Gasteiger partial charge in [0.25, 0.3) is 5.91 Å². The zero-order chi connectivity index (χ0) is 13.2. The maximum Gasteiger partial charge on any atom is 0.250 e. The summed E-state index contributed by atoms with van der Waals surface area (Å²) in [6.45, 7) is 2.09. The van der Waals surface area contributed by atoms with Gasteiger partial charge < -0.3 is 16.0 Å². The van der Waals surface area contributed by atoms with Crippen LogP contribution in [0.5, 0.6) is 0 Å². The quantitative estimate of drug-likeness (QED) is 0.842. The minimum absolute atomic E-state index is 0.333. The Kier molecular flexibility index (Phi) is 3.42. The normalized spacial score (nSPS) is 22.4. The van der Waals surface area contributed by atoms with E-state index in [-0.39, 0.29) is 5.91 Å². The van der Waals surface area contributed by atoms with Gasteiger partial charge in [0.2, 0.25) is 0 Å². The number of hydrogen-bond acceptors (Lipinski definition) is 3. The number of amides is 1. The lowest BCUT2D eigenvalue weighted by Gasteiger charge is -2.29. The van der Waals surface area contributed by atoms with Gasteiger partial charge in [0, 0.05) is 24.3 Å². The van der Waals surface area contributed by atoms with Gasteiger partial charge in [-0.2, -0.15) is 0 Å². The van der Waals surface area contributed by atoms with Gasteiger partial charge in [-0.05, 0) is 44.4 Å². The fourth-order valence-electron chi connectivity index (χ4n) is 2.91. The van der Waals surface area contributed by atoms with Gasteiger partial charge in [0.05, 0.1) is 5.56 Å². The highest BCUT2D eigenvalue weighted by Crippen LogP contribution is 2.34. The van der Waals surface area contributed by atoms with E-state index in [0.29, 0.717) is 17.6 Å². The Morgan fingerprint density at radius 3 is 2.74 bits per heavy atom. The van der Waals surface area contributed by atoms with Crippen molar-refractivity contribution in [2.75, 3.05) is 18.0 Å². The Hall–Kier alpha value is -1.55. The fourth-order valence-corrected chi connectivity index (χ4v) is 2.91. The summed E-state index contributed by atoms with van der Waals surface area (Å²) >= 11 is 0. The van der Waals surface area contributed by atoms with Gasteiger partial charge in [0.15, 0.2) is 0 Å². The fraction of sp³-hybridized carbons (Fsp3) is 0.533. The van der Waals surface area contributed by atoms with Crippen LogP contribution in [-0.4, -0.2) is 31.1 Å². The predicted octanol–water partition coefficient (Wildman–Crippen LogP) is 1.51. The largest absolute Gasteiger partial charge is 0.366 e. The third kappa shape index (κ3) is 2.73. The molecule has 0 radical (unpaired) electrons. The Balaban J connectivity index is 1.84. The third-order valence-corrected chi connectivity index (χ3v) is 4.05. The van der Waals surface area contributed by atoms with Crippen LogP contribution in [0.25, 0.3) is 0 Å². The number of anilines is 1. The molecule has 3 rings (SSSR count). The molecule has 0 spiro atoms. The van der Waals surface area contributed by atoms with Crippen molar-refractivity contribution in [3.8, 4) is 0 Å². The number of carbonyl (C=O) groups excluding carboxylic acids is 1. The van der Waals surface area contributed by atoms with Crippen LogP contribution in [0.4, 0.5) is 5.69 Å². The van der Waals surface area contributed by atoms with E-state index >= 15 is 0 Å². The minimum Gasteiger partial charge on any atom is -0.366 e. The summed E-state index contributed by atoms with van der Waals surface area (Å²) in [6.07, 6.45) is 4.92. The molecule has 4 heteroatoms. The smallest absolute Gasteiger partial charge is 0.250 e. The average Bonchev–Trinajstić information content (AvgIpc) is 3.13. The first kappa shape index (κ1) is 12.5. The van der Waals surface area contributed by atoms with Crippen molar-refractivity contribution in [3.63, 3.8) is 0 Å². The summed E-state index contributed by atoms with van der Waals surface area (Å²) in [5, 5.41) is 3.53. The maximum absolute atomic E-state index is 11.6. The number of carbonyl (C=O) groups is 1. The van der Waals surface area contributed by atoms with Crippen LogP contribution in [0.3, 0.4) is 0 Å². The van der Waals surface area contributed by atoms with Crippen LogP contribution >= 0.6 is 0 Å². The van der Waals surface area contributed by atoms with Crippen molar-refractivity contribution >= 4 is 11.6 Å². The molecule has 1 amide bonds. The molecule has 4 nitrogen and oxygen atoms in total. The van der Waals surface area contributed by atoms with E-state index in [1.54, 1.807) is 0 Å².